The van der Waals surface area contributed by atoms with Crippen molar-refractivity contribution in [2.24, 2.45) is 5.41 Å². The summed E-state index contributed by atoms with van der Waals surface area (Å²) >= 11 is 0. The number of fused-ring (bicyclic) bond motifs is 1. The van der Waals surface area contributed by atoms with E-state index < -0.39 is 0 Å². The van der Waals surface area contributed by atoms with Crippen molar-refractivity contribution >= 4 is 22.5 Å². The first-order chi connectivity index (χ1) is 9.47. The van der Waals surface area contributed by atoms with E-state index in [-0.39, 0.29) is 17.4 Å². The molecule has 0 spiro atoms. The van der Waals surface area contributed by atoms with Crippen molar-refractivity contribution < 1.29 is 4.79 Å². The molecule has 106 valence electrons. The number of amides is 1. The largest absolute Gasteiger partial charge is 0.397 e. The van der Waals surface area contributed by atoms with E-state index in [1.54, 1.807) is 0 Å². The highest BCUT2D eigenvalue weighted by Gasteiger charge is 2.35. The average molecular weight is 271 g/mol. The van der Waals surface area contributed by atoms with Crippen LogP contribution in [0.4, 0.5) is 5.69 Å². The van der Waals surface area contributed by atoms with Crippen molar-refractivity contribution in [3.63, 3.8) is 0 Å². The lowest BCUT2D eigenvalue weighted by Gasteiger charge is -2.27. The number of aromatic amines is 1. The van der Waals surface area contributed by atoms with Crippen molar-refractivity contribution in [1.82, 2.24) is 10.3 Å². The lowest BCUT2D eigenvalue weighted by molar-refractivity contribution is 0.0906. The maximum absolute atomic E-state index is 12.4. The smallest absolute Gasteiger partial charge is 0.267 e. The van der Waals surface area contributed by atoms with Crippen molar-refractivity contribution in [2.45, 2.75) is 39.2 Å². The highest BCUT2D eigenvalue weighted by molar-refractivity contribution is 6.00. The van der Waals surface area contributed by atoms with Gasteiger partial charge in [0, 0.05) is 11.4 Å². The fourth-order valence-corrected chi connectivity index (χ4v) is 3.13. The zero-order chi connectivity index (χ0) is 14.3. The van der Waals surface area contributed by atoms with Crippen LogP contribution in [0.3, 0.4) is 0 Å². The Morgan fingerprint density at radius 2 is 2.25 bits per heavy atom. The second kappa shape index (κ2) is 4.54. The lowest BCUT2D eigenvalue weighted by atomic mass is 9.87. The van der Waals surface area contributed by atoms with E-state index in [1.165, 1.54) is 6.42 Å². The van der Waals surface area contributed by atoms with Crippen LogP contribution in [0.2, 0.25) is 0 Å². The molecule has 1 fully saturated rings. The lowest BCUT2D eigenvalue weighted by Crippen LogP contribution is -2.41. The zero-order valence-electron chi connectivity index (χ0n) is 12.0. The van der Waals surface area contributed by atoms with E-state index in [2.05, 4.69) is 24.1 Å². The predicted molar refractivity (Wildman–Crippen MR) is 81.6 cm³/mol. The molecule has 4 N–H and O–H groups in total. The number of para-hydroxylation sites is 1. The summed E-state index contributed by atoms with van der Waals surface area (Å²) < 4.78 is 0. The molecule has 4 heteroatoms. The van der Waals surface area contributed by atoms with Crippen molar-refractivity contribution in [3.8, 4) is 0 Å². The molecule has 1 saturated carbocycles. The Hall–Kier alpha value is -1.97. The zero-order valence-corrected chi connectivity index (χ0v) is 12.0. The number of H-pyrrole nitrogens is 1. The normalized spacial score (nSPS) is 21.2. The van der Waals surface area contributed by atoms with Gasteiger partial charge in [0.1, 0.15) is 5.69 Å². The number of nitrogen functional groups attached to an aromatic ring is 1. The van der Waals surface area contributed by atoms with Gasteiger partial charge < -0.3 is 16.0 Å². The van der Waals surface area contributed by atoms with Gasteiger partial charge in [-0.3, -0.25) is 4.79 Å². The van der Waals surface area contributed by atoms with Crippen molar-refractivity contribution in [2.75, 3.05) is 5.73 Å². The molecule has 2 aromatic rings. The van der Waals surface area contributed by atoms with Crippen LogP contribution >= 0.6 is 0 Å². The molecule has 1 unspecified atom stereocenters. The van der Waals surface area contributed by atoms with E-state index in [0.717, 1.165) is 23.7 Å². The molecule has 4 nitrogen and oxygen atoms in total. The molecule has 0 bridgehead atoms. The number of anilines is 1. The molecule has 1 amide bonds. The molecule has 1 heterocycles. The van der Waals surface area contributed by atoms with Gasteiger partial charge in [-0.05, 0) is 30.4 Å². The minimum atomic E-state index is -0.0411. The molecule has 0 aliphatic heterocycles. The summed E-state index contributed by atoms with van der Waals surface area (Å²) in [6.45, 7) is 4.43. The summed E-state index contributed by atoms with van der Waals surface area (Å²) in [6.07, 6.45) is 3.40. The van der Waals surface area contributed by atoms with Crippen molar-refractivity contribution in [1.29, 1.82) is 0 Å². The quantitative estimate of drug-likeness (QED) is 0.735. The molecule has 0 radical (unpaired) electrons. The fourth-order valence-electron chi connectivity index (χ4n) is 3.13. The second-order valence-electron chi connectivity index (χ2n) is 6.40. The maximum Gasteiger partial charge on any atom is 0.267 e. The van der Waals surface area contributed by atoms with Gasteiger partial charge >= 0.3 is 0 Å². The molecule has 1 aromatic carbocycles. The van der Waals surface area contributed by atoms with Crippen LogP contribution in [0.5, 0.6) is 0 Å². The standard InChI is InChI=1S/C16H21N3O/c1-16(2)8-4-7-13(16)19-15(20)12-9-10-5-3-6-11(17)14(10)18-12/h3,5-6,9,13,18H,4,7-8,17H2,1-2H3,(H,19,20). The Morgan fingerprint density at radius 1 is 1.45 bits per heavy atom. The number of carbonyl (C=O) groups is 1. The highest BCUT2D eigenvalue weighted by Crippen LogP contribution is 2.37. The summed E-state index contributed by atoms with van der Waals surface area (Å²) in [4.78, 5) is 15.5. The van der Waals surface area contributed by atoms with Crippen LogP contribution in [0.15, 0.2) is 24.3 Å². The van der Waals surface area contributed by atoms with Gasteiger partial charge in [0.05, 0.1) is 11.2 Å². The van der Waals surface area contributed by atoms with Gasteiger partial charge in [-0.2, -0.15) is 0 Å². The van der Waals surface area contributed by atoms with Crippen LogP contribution in [-0.4, -0.2) is 16.9 Å². The highest BCUT2D eigenvalue weighted by atomic mass is 16.1. The summed E-state index contributed by atoms with van der Waals surface area (Å²) in [5.74, 6) is -0.0411. The van der Waals surface area contributed by atoms with Crippen LogP contribution in [-0.2, 0) is 0 Å². The first-order valence-corrected chi connectivity index (χ1v) is 7.15. The predicted octanol–water partition coefficient (Wildman–Crippen LogP) is 3.06. The summed E-state index contributed by atoms with van der Waals surface area (Å²) in [7, 11) is 0. The molecule has 1 aromatic heterocycles. The summed E-state index contributed by atoms with van der Waals surface area (Å²) in [5, 5.41) is 4.13. The second-order valence-corrected chi connectivity index (χ2v) is 6.40. The Labute approximate surface area is 118 Å². The number of aromatic nitrogens is 1. The van der Waals surface area contributed by atoms with E-state index in [9.17, 15) is 4.79 Å². The van der Waals surface area contributed by atoms with Crippen molar-refractivity contribution in [3.05, 3.63) is 30.0 Å². The Morgan fingerprint density at radius 3 is 2.90 bits per heavy atom. The topological polar surface area (TPSA) is 70.9 Å². The molecular weight excluding hydrogens is 250 g/mol. The van der Waals surface area contributed by atoms with E-state index >= 15 is 0 Å². The SMILES string of the molecule is CC1(C)CCCC1NC(=O)c1cc2cccc(N)c2[nH]1. The van der Waals surface area contributed by atoms with Gasteiger partial charge in [0.15, 0.2) is 0 Å². The maximum atomic E-state index is 12.4. The van der Waals surface area contributed by atoms with Crippen LogP contribution in [0.25, 0.3) is 10.9 Å². The Balaban J connectivity index is 1.84. The van der Waals surface area contributed by atoms with Crippen LogP contribution in [0, 0.1) is 5.41 Å². The summed E-state index contributed by atoms with van der Waals surface area (Å²) in [6, 6.07) is 7.80. The van der Waals surface area contributed by atoms with E-state index in [1.807, 2.05) is 24.3 Å². The third-order valence-corrected chi connectivity index (χ3v) is 4.50. The Bertz CT molecular complexity index is 657. The number of carbonyl (C=O) groups excluding carboxylic acids is 1. The Kier molecular flexibility index (Phi) is 2.96. The third kappa shape index (κ3) is 2.15. The van der Waals surface area contributed by atoms with Gasteiger partial charge in [-0.15, -0.1) is 0 Å². The number of hydrogen-bond acceptors (Lipinski definition) is 2. The first kappa shape index (κ1) is 13.0. The third-order valence-electron chi connectivity index (χ3n) is 4.50. The number of nitrogens with one attached hydrogen (secondary N) is 2. The summed E-state index contributed by atoms with van der Waals surface area (Å²) in [5.41, 5.74) is 8.18. The number of nitrogens with two attached hydrogens (primary N) is 1. The molecule has 3 rings (SSSR count). The monoisotopic (exact) mass is 271 g/mol. The molecule has 20 heavy (non-hydrogen) atoms. The minimum Gasteiger partial charge on any atom is -0.397 e. The molecular formula is C16H21N3O. The first-order valence-electron chi connectivity index (χ1n) is 7.15. The van der Waals surface area contributed by atoms with Gasteiger partial charge in [0.25, 0.3) is 5.91 Å². The average Bonchev–Trinajstić information content (AvgIpc) is 2.95. The molecule has 1 aliphatic rings. The minimum absolute atomic E-state index is 0.0411. The van der Waals surface area contributed by atoms with Gasteiger partial charge in [-0.1, -0.05) is 32.4 Å². The molecule has 1 aliphatic carbocycles. The van der Waals surface area contributed by atoms with E-state index in [0.29, 0.717) is 11.4 Å². The van der Waals surface area contributed by atoms with Crippen LogP contribution < -0.4 is 11.1 Å². The molecule has 1 atom stereocenters. The molecule has 0 saturated heterocycles. The number of rotatable bonds is 2. The van der Waals surface area contributed by atoms with Crippen LogP contribution in [0.1, 0.15) is 43.6 Å². The number of hydrogen-bond donors (Lipinski definition) is 3. The van der Waals surface area contributed by atoms with Gasteiger partial charge in [-0.25, -0.2) is 0 Å². The fraction of sp³-hybridized carbons (Fsp3) is 0.438. The number of benzene rings is 1. The van der Waals surface area contributed by atoms with E-state index in [4.69, 9.17) is 5.73 Å². The van der Waals surface area contributed by atoms with Gasteiger partial charge in [0.2, 0.25) is 0 Å².